The van der Waals surface area contributed by atoms with Gasteiger partial charge in [0.25, 0.3) is 5.91 Å². The van der Waals surface area contributed by atoms with Crippen LogP contribution < -0.4 is 16.0 Å². The molecule has 1 aliphatic carbocycles. The second kappa shape index (κ2) is 4.89. The third-order valence-corrected chi connectivity index (χ3v) is 4.48. The lowest BCUT2D eigenvalue weighted by Gasteiger charge is -2.38. The van der Waals surface area contributed by atoms with Gasteiger partial charge in [-0.3, -0.25) is 4.79 Å². The summed E-state index contributed by atoms with van der Waals surface area (Å²) in [7, 11) is 0. The van der Waals surface area contributed by atoms with Crippen LogP contribution in [-0.4, -0.2) is 41.6 Å². The van der Waals surface area contributed by atoms with Gasteiger partial charge in [-0.25, -0.2) is 0 Å². The van der Waals surface area contributed by atoms with Crippen LogP contribution in [0.1, 0.15) is 37.0 Å². The number of morpholine rings is 1. The molecule has 3 N–H and O–H groups in total. The minimum absolute atomic E-state index is 0.0990. The molecule has 2 heterocycles. The number of carbonyl (C=O) groups excluding carboxylic acids is 1. The average Bonchev–Trinajstić information content (AvgIpc) is 3.08. The van der Waals surface area contributed by atoms with Gasteiger partial charge in [-0.05, 0) is 38.2 Å². The minimum atomic E-state index is -0.221. The van der Waals surface area contributed by atoms with Crippen LogP contribution >= 0.6 is 11.5 Å². The summed E-state index contributed by atoms with van der Waals surface area (Å²) in [6.45, 7) is 6.24. The van der Waals surface area contributed by atoms with E-state index in [1.807, 2.05) is 13.8 Å². The molecule has 20 heavy (non-hydrogen) atoms. The molecule has 0 spiro atoms. The Balaban J connectivity index is 1.83. The third kappa shape index (κ3) is 2.73. The Hall–Kier alpha value is -1.34. The van der Waals surface area contributed by atoms with Gasteiger partial charge in [0, 0.05) is 19.1 Å². The monoisotopic (exact) mass is 296 g/mol. The van der Waals surface area contributed by atoms with E-state index in [4.69, 9.17) is 10.5 Å². The van der Waals surface area contributed by atoms with Crippen LogP contribution in [0.4, 0.5) is 10.8 Å². The zero-order chi connectivity index (χ0) is 14.3. The number of ether oxygens (including phenoxy) is 1. The van der Waals surface area contributed by atoms with E-state index in [9.17, 15) is 4.79 Å². The molecule has 1 aromatic rings. The van der Waals surface area contributed by atoms with Crippen LogP contribution in [0.3, 0.4) is 0 Å². The Labute approximate surface area is 122 Å². The number of nitrogen functional groups attached to an aromatic ring is 1. The highest BCUT2D eigenvalue weighted by atomic mass is 32.1. The number of amides is 1. The summed E-state index contributed by atoms with van der Waals surface area (Å²) in [5, 5.41) is 3.85. The van der Waals surface area contributed by atoms with Gasteiger partial charge in [0.05, 0.1) is 12.2 Å². The van der Waals surface area contributed by atoms with Crippen molar-refractivity contribution in [3.63, 3.8) is 0 Å². The Bertz CT molecular complexity index is 524. The van der Waals surface area contributed by atoms with Crippen molar-refractivity contribution < 1.29 is 9.53 Å². The molecule has 1 aliphatic heterocycles. The van der Waals surface area contributed by atoms with Crippen LogP contribution in [0, 0.1) is 0 Å². The average molecular weight is 296 g/mol. The first-order valence-electron chi connectivity index (χ1n) is 6.91. The molecule has 2 fully saturated rings. The number of aromatic nitrogens is 1. The molecule has 0 atom stereocenters. The van der Waals surface area contributed by atoms with Crippen molar-refractivity contribution in [3.8, 4) is 0 Å². The van der Waals surface area contributed by atoms with Gasteiger partial charge in [0.1, 0.15) is 10.6 Å². The standard InChI is InChI=1S/C13H20N4O2S/c1-13(2)7-17(5-6-19-13)12-9(10(14)16-20-12)11(18)15-8-3-4-8/h8H,3-7H2,1-2H3,(H2,14,16)(H,15,18). The maximum absolute atomic E-state index is 12.3. The Morgan fingerprint density at radius 2 is 2.30 bits per heavy atom. The molecule has 3 rings (SSSR count). The first-order valence-corrected chi connectivity index (χ1v) is 7.68. The van der Waals surface area contributed by atoms with Gasteiger partial charge in [-0.2, -0.15) is 4.37 Å². The molecule has 1 saturated heterocycles. The molecule has 0 bridgehead atoms. The van der Waals surface area contributed by atoms with E-state index in [1.165, 1.54) is 11.5 Å². The number of nitrogens with one attached hydrogen (secondary N) is 1. The van der Waals surface area contributed by atoms with Crippen LogP contribution in [0.2, 0.25) is 0 Å². The molecule has 1 saturated carbocycles. The fourth-order valence-corrected chi connectivity index (χ4v) is 3.23. The zero-order valence-corrected chi connectivity index (χ0v) is 12.6. The highest BCUT2D eigenvalue weighted by Gasteiger charge is 2.33. The number of carbonyl (C=O) groups is 1. The number of hydrogen-bond donors (Lipinski definition) is 2. The lowest BCUT2D eigenvalue weighted by atomic mass is 10.1. The van der Waals surface area contributed by atoms with Crippen molar-refractivity contribution in [2.45, 2.75) is 38.3 Å². The normalized spacial score (nSPS) is 21.8. The van der Waals surface area contributed by atoms with Gasteiger partial charge < -0.3 is 20.7 Å². The number of rotatable bonds is 3. The van der Waals surface area contributed by atoms with Crippen LogP contribution in [-0.2, 0) is 4.74 Å². The van der Waals surface area contributed by atoms with Gasteiger partial charge in [-0.1, -0.05) is 0 Å². The molecule has 0 unspecified atom stereocenters. The summed E-state index contributed by atoms with van der Waals surface area (Å²) < 4.78 is 9.87. The second-order valence-electron chi connectivity index (χ2n) is 6.03. The Morgan fingerprint density at radius 1 is 1.55 bits per heavy atom. The predicted octanol–water partition coefficient (Wildman–Crippen LogP) is 1.23. The van der Waals surface area contributed by atoms with E-state index < -0.39 is 0 Å². The van der Waals surface area contributed by atoms with E-state index in [-0.39, 0.29) is 11.5 Å². The fourth-order valence-electron chi connectivity index (χ4n) is 2.40. The topological polar surface area (TPSA) is 80.5 Å². The minimum Gasteiger partial charge on any atom is -0.382 e. The molecule has 0 aromatic carbocycles. The zero-order valence-electron chi connectivity index (χ0n) is 11.8. The third-order valence-electron chi connectivity index (χ3n) is 3.55. The van der Waals surface area contributed by atoms with E-state index in [0.29, 0.717) is 24.0 Å². The van der Waals surface area contributed by atoms with Crippen molar-refractivity contribution in [1.29, 1.82) is 0 Å². The van der Waals surface area contributed by atoms with E-state index >= 15 is 0 Å². The Morgan fingerprint density at radius 3 is 2.95 bits per heavy atom. The first-order chi connectivity index (χ1) is 9.46. The van der Waals surface area contributed by atoms with Crippen molar-refractivity contribution in [3.05, 3.63) is 5.56 Å². The number of nitrogens with two attached hydrogens (primary N) is 1. The summed E-state index contributed by atoms with van der Waals surface area (Å²) in [6.07, 6.45) is 2.12. The van der Waals surface area contributed by atoms with E-state index in [1.54, 1.807) is 0 Å². The fraction of sp³-hybridized carbons (Fsp3) is 0.692. The molecular formula is C13H20N4O2S. The summed E-state index contributed by atoms with van der Waals surface area (Å²) >= 11 is 1.29. The van der Waals surface area contributed by atoms with E-state index in [2.05, 4.69) is 14.6 Å². The molecule has 7 heteroatoms. The molecule has 110 valence electrons. The lowest BCUT2D eigenvalue weighted by Crippen LogP contribution is -2.48. The van der Waals surface area contributed by atoms with Crippen LogP contribution in [0.5, 0.6) is 0 Å². The smallest absolute Gasteiger partial charge is 0.258 e. The van der Waals surface area contributed by atoms with Crippen molar-refractivity contribution in [2.24, 2.45) is 0 Å². The molecular weight excluding hydrogens is 276 g/mol. The second-order valence-corrected chi connectivity index (χ2v) is 6.78. The van der Waals surface area contributed by atoms with Gasteiger partial charge >= 0.3 is 0 Å². The van der Waals surface area contributed by atoms with Gasteiger partial charge in [0.15, 0.2) is 5.82 Å². The van der Waals surface area contributed by atoms with Gasteiger partial charge in [-0.15, -0.1) is 0 Å². The quantitative estimate of drug-likeness (QED) is 0.877. The number of nitrogens with zero attached hydrogens (tertiary/aromatic N) is 2. The largest absolute Gasteiger partial charge is 0.382 e. The Kier molecular flexibility index (Phi) is 3.33. The number of anilines is 2. The first kappa shape index (κ1) is 13.6. The summed E-state index contributed by atoms with van der Waals surface area (Å²) in [5.41, 5.74) is 6.20. The van der Waals surface area contributed by atoms with Crippen molar-refractivity contribution in [1.82, 2.24) is 9.69 Å². The maximum Gasteiger partial charge on any atom is 0.258 e. The molecule has 6 nitrogen and oxygen atoms in total. The molecule has 0 radical (unpaired) electrons. The maximum atomic E-state index is 12.3. The molecule has 2 aliphatic rings. The highest BCUT2D eigenvalue weighted by Crippen LogP contribution is 2.34. The lowest BCUT2D eigenvalue weighted by molar-refractivity contribution is -0.0275. The van der Waals surface area contributed by atoms with Crippen LogP contribution in [0.15, 0.2) is 0 Å². The highest BCUT2D eigenvalue weighted by molar-refractivity contribution is 7.11. The number of hydrogen-bond acceptors (Lipinski definition) is 6. The summed E-state index contributed by atoms with van der Waals surface area (Å²) in [6, 6.07) is 0.316. The van der Waals surface area contributed by atoms with E-state index in [0.717, 1.165) is 30.9 Å². The molecule has 1 amide bonds. The summed E-state index contributed by atoms with van der Waals surface area (Å²) in [4.78, 5) is 14.5. The SMILES string of the molecule is CC1(C)CN(c2snc(N)c2C(=O)NC2CC2)CCO1. The summed E-state index contributed by atoms with van der Waals surface area (Å²) in [5.74, 6) is 0.227. The van der Waals surface area contributed by atoms with Crippen LogP contribution in [0.25, 0.3) is 0 Å². The van der Waals surface area contributed by atoms with Gasteiger partial charge in [0.2, 0.25) is 0 Å². The molecule has 1 aromatic heterocycles. The van der Waals surface area contributed by atoms with Crippen molar-refractivity contribution >= 4 is 28.3 Å². The predicted molar refractivity (Wildman–Crippen MR) is 79.3 cm³/mol. The van der Waals surface area contributed by atoms with Crippen molar-refractivity contribution in [2.75, 3.05) is 30.3 Å².